The number of amides is 2. The number of rotatable bonds is 4. The molecule has 2 aliphatic rings. The topological polar surface area (TPSA) is 71.5 Å². The Kier molecular flexibility index (Phi) is 5.23. The molecule has 2 amide bonds. The number of nitrogens with zero attached hydrogens (tertiary/aromatic N) is 2. The minimum Gasteiger partial charge on any atom is -0.368 e. The Morgan fingerprint density at radius 3 is 2.78 bits per heavy atom. The number of carbonyl (C=O) groups is 2. The summed E-state index contributed by atoms with van der Waals surface area (Å²) in [4.78, 5) is 30.1. The highest BCUT2D eigenvalue weighted by Crippen LogP contribution is 2.19. The van der Waals surface area contributed by atoms with Crippen molar-refractivity contribution in [3.63, 3.8) is 0 Å². The third-order valence-electron chi connectivity index (χ3n) is 4.60. The summed E-state index contributed by atoms with van der Waals surface area (Å²) in [5.41, 5.74) is 0.637. The number of hydrogen-bond acceptors (Lipinski definition) is 4. The molecule has 124 valence electrons. The Morgan fingerprint density at radius 2 is 2.13 bits per heavy atom. The van der Waals surface area contributed by atoms with Crippen molar-refractivity contribution in [1.82, 2.24) is 15.2 Å². The van der Waals surface area contributed by atoms with Gasteiger partial charge in [-0.3, -0.25) is 14.6 Å². The highest BCUT2D eigenvalue weighted by atomic mass is 16.5. The van der Waals surface area contributed by atoms with Crippen LogP contribution in [-0.4, -0.2) is 54.0 Å². The highest BCUT2D eigenvalue weighted by molar-refractivity contribution is 5.93. The summed E-state index contributed by atoms with van der Waals surface area (Å²) in [7, 11) is 0. The molecule has 6 nitrogen and oxygen atoms in total. The van der Waals surface area contributed by atoms with Crippen molar-refractivity contribution in [2.45, 2.75) is 31.8 Å². The summed E-state index contributed by atoms with van der Waals surface area (Å²) in [5, 5.41) is 2.99. The van der Waals surface area contributed by atoms with Gasteiger partial charge in [0.15, 0.2) is 0 Å². The number of nitrogens with one attached hydrogen (secondary N) is 1. The Morgan fingerprint density at radius 1 is 1.30 bits per heavy atom. The SMILES string of the molecule is O=C(NCC1CCN(C(=O)c2cccnc2)CC1)C1CCCO1. The van der Waals surface area contributed by atoms with E-state index in [1.165, 1.54) is 0 Å². The lowest BCUT2D eigenvalue weighted by Gasteiger charge is -2.32. The number of pyridine rings is 1. The molecule has 2 saturated heterocycles. The van der Waals surface area contributed by atoms with Crippen LogP contribution < -0.4 is 5.32 Å². The lowest BCUT2D eigenvalue weighted by Crippen LogP contribution is -2.43. The van der Waals surface area contributed by atoms with Crippen molar-refractivity contribution in [3.8, 4) is 0 Å². The Bertz CT molecular complexity index is 535. The van der Waals surface area contributed by atoms with Crippen LogP contribution in [0.4, 0.5) is 0 Å². The van der Waals surface area contributed by atoms with Crippen LogP contribution >= 0.6 is 0 Å². The fourth-order valence-electron chi connectivity index (χ4n) is 3.16. The van der Waals surface area contributed by atoms with Gasteiger partial charge in [0.2, 0.25) is 5.91 Å². The van der Waals surface area contributed by atoms with Gasteiger partial charge in [0.1, 0.15) is 6.10 Å². The van der Waals surface area contributed by atoms with E-state index >= 15 is 0 Å². The molecule has 0 aliphatic carbocycles. The van der Waals surface area contributed by atoms with Gasteiger partial charge in [-0.05, 0) is 43.7 Å². The van der Waals surface area contributed by atoms with E-state index in [2.05, 4.69) is 10.3 Å². The van der Waals surface area contributed by atoms with E-state index in [0.717, 1.165) is 38.8 Å². The summed E-state index contributed by atoms with van der Waals surface area (Å²) < 4.78 is 5.38. The third-order valence-corrected chi connectivity index (χ3v) is 4.60. The zero-order chi connectivity index (χ0) is 16.1. The lowest BCUT2D eigenvalue weighted by molar-refractivity contribution is -0.130. The minimum absolute atomic E-state index is 0.0105. The number of hydrogen-bond donors (Lipinski definition) is 1. The lowest BCUT2D eigenvalue weighted by atomic mass is 9.96. The van der Waals surface area contributed by atoms with Crippen LogP contribution in [-0.2, 0) is 9.53 Å². The molecule has 6 heteroatoms. The Balaban J connectivity index is 1.41. The molecule has 0 radical (unpaired) electrons. The molecular weight excluding hydrogens is 294 g/mol. The van der Waals surface area contributed by atoms with Gasteiger partial charge < -0.3 is 15.0 Å². The maximum atomic E-state index is 12.3. The standard InChI is InChI=1S/C17H23N3O3/c21-16(15-4-2-10-23-15)19-11-13-5-8-20(9-6-13)17(22)14-3-1-7-18-12-14/h1,3,7,12-13,15H,2,4-6,8-11H2,(H,19,21). The molecule has 1 unspecified atom stereocenters. The van der Waals surface area contributed by atoms with Crippen LogP contribution in [0.25, 0.3) is 0 Å². The molecule has 1 aromatic heterocycles. The van der Waals surface area contributed by atoms with Crippen LogP contribution in [0.2, 0.25) is 0 Å². The Labute approximate surface area is 136 Å². The van der Waals surface area contributed by atoms with E-state index in [1.807, 2.05) is 4.90 Å². The second kappa shape index (κ2) is 7.55. The first-order valence-electron chi connectivity index (χ1n) is 8.32. The summed E-state index contributed by atoms with van der Waals surface area (Å²) in [5.74, 6) is 0.481. The van der Waals surface area contributed by atoms with Crippen molar-refractivity contribution in [3.05, 3.63) is 30.1 Å². The normalized spacial score (nSPS) is 22.1. The molecule has 0 spiro atoms. The first-order valence-corrected chi connectivity index (χ1v) is 8.32. The maximum absolute atomic E-state index is 12.3. The van der Waals surface area contributed by atoms with Gasteiger partial charge in [-0.25, -0.2) is 0 Å². The summed E-state index contributed by atoms with van der Waals surface area (Å²) in [6.07, 6.45) is 6.63. The first kappa shape index (κ1) is 15.9. The van der Waals surface area contributed by atoms with Crippen molar-refractivity contribution >= 4 is 11.8 Å². The van der Waals surface area contributed by atoms with Crippen LogP contribution in [0, 0.1) is 5.92 Å². The van der Waals surface area contributed by atoms with E-state index in [9.17, 15) is 9.59 Å². The smallest absolute Gasteiger partial charge is 0.255 e. The van der Waals surface area contributed by atoms with Gasteiger partial charge >= 0.3 is 0 Å². The van der Waals surface area contributed by atoms with Crippen LogP contribution in [0.5, 0.6) is 0 Å². The molecule has 2 aliphatic heterocycles. The second-order valence-corrected chi connectivity index (χ2v) is 6.22. The highest BCUT2D eigenvalue weighted by Gasteiger charge is 2.26. The molecule has 23 heavy (non-hydrogen) atoms. The molecule has 1 N–H and O–H groups in total. The number of aromatic nitrogens is 1. The number of carbonyl (C=O) groups excluding carboxylic acids is 2. The van der Waals surface area contributed by atoms with Gasteiger partial charge in [-0.2, -0.15) is 0 Å². The maximum Gasteiger partial charge on any atom is 0.255 e. The van der Waals surface area contributed by atoms with E-state index in [4.69, 9.17) is 4.74 Å². The number of ether oxygens (including phenoxy) is 1. The molecule has 0 bridgehead atoms. The summed E-state index contributed by atoms with van der Waals surface area (Å²) >= 11 is 0. The van der Waals surface area contributed by atoms with Gasteiger partial charge in [0.25, 0.3) is 5.91 Å². The number of likely N-dealkylation sites (tertiary alicyclic amines) is 1. The van der Waals surface area contributed by atoms with Crippen LogP contribution in [0.1, 0.15) is 36.0 Å². The average molecular weight is 317 g/mol. The zero-order valence-corrected chi connectivity index (χ0v) is 13.2. The number of piperidine rings is 1. The van der Waals surface area contributed by atoms with E-state index in [1.54, 1.807) is 24.5 Å². The predicted octanol–water partition coefficient (Wildman–Crippen LogP) is 1.23. The molecule has 0 saturated carbocycles. The van der Waals surface area contributed by atoms with Crippen molar-refractivity contribution in [1.29, 1.82) is 0 Å². The van der Waals surface area contributed by atoms with Gasteiger partial charge in [-0.1, -0.05) is 0 Å². The third kappa shape index (κ3) is 4.07. The fraction of sp³-hybridized carbons (Fsp3) is 0.588. The van der Waals surface area contributed by atoms with Crippen molar-refractivity contribution < 1.29 is 14.3 Å². The predicted molar refractivity (Wildman–Crippen MR) is 84.8 cm³/mol. The minimum atomic E-state index is -0.262. The molecule has 1 atom stereocenters. The second-order valence-electron chi connectivity index (χ2n) is 6.22. The average Bonchev–Trinajstić information content (AvgIpc) is 3.15. The summed E-state index contributed by atoms with van der Waals surface area (Å²) in [6.45, 7) is 2.82. The molecule has 3 rings (SSSR count). The summed E-state index contributed by atoms with van der Waals surface area (Å²) in [6, 6.07) is 3.57. The molecule has 0 aromatic carbocycles. The fourth-order valence-corrected chi connectivity index (χ4v) is 3.16. The molecule has 2 fully saturated rings. The quantitative estimate of drug-likeness (QED) is 0.906. The van der Waals surface area contributed by atoms with Gasteiger partial charge in [0.05, 0.1) is 5.56 Å². The van der Waals surface area contributed by atoms with Crippen LogP contribution in [0.3, 0.4) is 0 Å². The van der Waals surface area contributed by atoms with E-state index in [-0.39, 0.29) is 17.9 Å². The van der Waals surface area contributed by atoms with Gasteiger partial charge in [-0.15, -0.1) is 0 Å². The van der Waals surface area contributed by atoms with Crippen LogP contribution in [0.15, 0.2) is 24.5 Å². The molecular formula is C17H23N3O3. The van der Waals surface area contributed by atoms with Gasteiger partial charge in [0, 0.05) is 38.6 Å². The van der Waals surface area contributed by atoms with Crippen molar-refractivity contribution in [2.24, 2.45) is 5.92 Å². The zero-order valence-electron chi connectivity index (χ0n) is 13.2. The van der Waals surface area contributed by atoms with Crippen molar-refractivity contribution in [2.75, 3.05) is 26.2 Å². The first-order chi connectivity index (χ1) is 11.2. The molecule has 1 aromatic rings. The van der Waals surface area contributed by atoms with E-state index < -0.39 is 0 Å². The molecule has 3 heterocycles. The monoisotopic (exact) mass is 317 g/mol. The van der Waals surface area contributed by atoms with E-state index in [0.29, 0.717) is 24.6 Å². The largest absolute Gasteiger partial charge is 0.368 e. The Hall–Kier alpha value is -1.95.